The molecule has 0 spiro atoms. The van der Waals surface area contributed by atoms with E-state index < -0.39 is 47.6 Å². The van der Waals surface area contributed by atoms with Gasteiger partial charge >= 0.3 is 5.97 Å². The third-order valence-electron chi connectivity index (χ3n) is 4.82. The van der Waals surface area contributed by atoms with Crippen LogP contribution in [0.25, 0.3) is 0 Å². The van der Waals surface area contributed by atoms with Crippen LogP contribution in [0.3, 0.4) is 0 Å². The summed E-state index contributed by atoms with van der Waals surface area (Å²) in [6, 6.07) is 3.56. The average Bonchev–Trinajstić information content (AvgIpc) is 2.91. The van der Waals surface area contributed by atoms with Gasteiger partial charge in [-0.05, 0) is 38.0 Å². The lowest BCUT2D eigenvalue weighted by atomic mass is 10.0. The van der Waals surface area contributed by atoms with Crippen LogP contribution in [0.5, 0.6) is 0 Å². The Bertz CT molecular complexity index is 930. The highest BCUT2D eigenvalue weighted by Crippen LogP contribution is 2.16. The number of hydrogen-bond donors (Lipinski definition) is 1. The topological polar surface area (TPSA) is 77.4 Å². The number of esters is 1. The van der Waals surface area contributed by atoms with Gasteiger partial charge in [-0.3, -0.25) is 9.59 Å². The summed E-state index contributed by atoms with van der Waals surface area (Å²) in [5.41, 5.74) is 1.29. The molecule has 1 atom stereocenters. The van der Waals surface area contributed by atoms with Crippen molar-refractivity contribution in [2.45, 2.75) is 33.7 Å². The van der Waals surface area contributed by atoms with E-state index in [1.54, 1.807) is 26.8 Å². The number of nitrogens with zero attached hydrogens (tertiary/aromatic N) is 1. The van der Waals surface area contributed by atoms with Gasteiger partial charge in [-0.1, -0.05) is 19.9 Å². The minimum Gasteiger partial charge on any atom is -0.456 e. The number of aryl methyl sites for hydroxylation is 1. The van der Waals surface area contributed by atoms with Crippen LogP contribution in [-0.4, -0.2) is 34.9 Å². The summed E-state index contributed by atoms with van der Waals surface area (Å²) in [5, 5.41) is 2.29. The van der Waals surface area contributed by atoms with Gasteiger partial charge in [0.05, 0.1) is 0 Å². The lowest BCUT2D eigenvalue weighted by Crippen LogP contribution is -2.46. The normalized spacial score (nSPS) is 12.0. The molecule has 0 saturated heterocycles. The van der Waals surface area contributed by atoms with Gasteiger partial charge in [-0.25, -0.2) is 13.6 Å². The van der Waals surface area contributed by atoms with Gasteiger partial charge in [-0.15, -0.1) is 0 Å². The third-order valence-corrected chi connectivity index (χ3v) is 4.82. The number of Topliss-reactive ketones (excluding diaryl/α,β-unsaturated/α-hetero) is 1. The lowest BCUT2D eigenvalue weighted by Gasteiger charge is -2.21. The van der Waals surface area contributed by atoms with Crippen LogP contribution in [0.1, 0.15) is 46.0 Å². The first-order valence-electron chi connectivity index (χ1n) is 9.12. The van der Waals surface area contributed by atoms with Crippen molar-refractivity contribution in [2.75, 3.05) is 6.61 Å². The van der Waals surface area contributed by atoms with Crippen molar-refractivity contribution < 1.29 is 27.9 Å². The van der Waals surface area contributed by atoms with Gasteiger partial charge in [0, 0.05) is 24.0 Å². The van der Waals surface area contributed by atoms with E-state index >= 15 is 0 Å². The molecular weight excluding hydrogens is 382 g/mol. The summed E-state index contributed by atoms with van der Waals surface area (Å²) in [6.45, 7) is 6.40. The Kier molecular flexibility index (Phi) is 6.89. The van der Waals surface area contributed by atoms with Crippen molar-refractivity contribution in [1.82, 2.24) is 9.88 Å². The van der Waals surface area contributed by atoms with Crippen molar-refractivity contribution in [3.05, 3.63) is 58.4 Å². The number of benzene rings is 1. The molecule has 0 unspecified atom stereocenters. The molecular formula is C21H24F2N2O4. The number of ether oxygens (including phenoxy) is 1. The van der Waals surface area contributed by atoms with Gasteiger partial charge in [0.1, 0.15) is 23.2 Å². The van der Waals surface area contributed by atoms with Crippen molar-refractivity contribution in [1.29, 1.82) is 0 Å². The molecule has 1 amide bonds. The number of nitrogens with one attached hydrogen (secondary N) is 1. The first-order valence-corrected chi connectivity index (χ1v) is 9.12. The molecule has 0 bridgehead atoms. The van der Waals surface area contributed by atoms with E-state index in [0.29, 0.717) is 5.56 Å². The van der Waals surface area contributed by atoms with E-state index in [0.717, 1.165) is 29.6 Å². The number of ketones is 1. The largest absolute Gasteiger partial charge is 0.456 e. The molecule has 1 aromatic heterocycles. The lowest BCUT2D eigenvalue weighted by molar-refractivity contribution is -0.145. The molecule has 2 aromatic rings. The number of carbonyl (C=O) groups is 3. The zero-order chi connectivity index (χ0) is 21.9. The number of amides is 1. The SMILES string of the molecule is Cc1cc(C(=O)COC(=O)[C@@H](NC(=O)c2c(F)cccc2F)C(C)C)c(C)n1C. The fourth-order valence-corrected chi connectivity index (χ4v) is 2.87. The number of hydrogen-bond acceptors (Lipinski definition) is 4. The summed E-state index contributed by atoms with van der Waals surface area (Å²) in [7, 11) is 1.82. The Balaban J connectivity index is 2.08. The molecule has 0 fully saturated rings. The van der Waals surface area contributed by atoms with Crippen LogP contribution in [0.2, 0.25) is 0 Å². The molecule has 1 aromatic carbocycles. The quantitative estimate of drug-likeness (QED) is 0.566. The van der Waals surface area contributed by atoms with Gasteiger partial charge in [0.15, 0.2) is 6.61 Å². The number of aromatic nitrogens is 1. The van der Waals surface area contributed by atoms with E-state index in [-0.39, 0.29) is 5.78 Å². The van der Waals surface area contributed by atoms with Gasteiger partial charge in [-0.2, -0.15) is 0 Å². The maximum Gasteiger partial charge on any atom is 0.329 e. The molecule has 6 nitrogen and oxygen atoms in total. The van der Waals surface area contributed by atoms with Crippen LogP contribution in [-0.2, 0) is 16.6 Å². The predicted molar refractivity (Wildman–Crippen MR) is 103 cm³/mol. The molecule has 2 rings (SSSR count). The second-order valence-corrected chi connectivity index (χ2v) is 7.17. The van der Waals surface area contributed by atoms with Crippen LogP contribution < -0.4 is 5.32 Å². The van der Waals surface area contributed by atoms with Gasteiger partial charge in [0.25, 0.3) is 5.91 Å². The summed E-state index contributed by atoms with van der Waals surface area (Å²) in [6.07, 6.45) is 0. The Hall–Kier alpha value is -3.03. The molecule has 0 saturated carbocycles. The monoisotopic (exact) mass is 406 g/mol. The first-order chi connectivity index (χ1) is 13.5. The predicted octanol–water partition coefficient (Wildman–Crippen LogP) is 3.10. The highest BCUT2D eigenvalue weighted by molar-refractivity contribution is 6.00. The van der Waals surface area contributed by atoms with Crippen molar-refractivity contribution in [2.24, 2.45) is 13.0 Å². The zero-order valence-electron chi connectivity index (χ0n) is 17.0. The van der Waals surface area contributed by atoms with Crippen molar-refractivity contribution in [3.63, 3.8) is 0 Å². The Labute approximate surface area is 167 Å². The molecule has 1 heterocycles. The minimum absolute atomic E-state index is 0.381. The molecule has 8 heteroatoms. The fourth-order valence-electron chi connectivity index (χ4n) is 2.87. The Morgan fingerprint density at radius 3 is 2.21 bits per heavy atom. The molecule has 29 heavy (non-hydrogen) atoms. The van der Waals surface area contributed by atoms with E-state index in [2.05, 4.69) is 5.32 Å². The fraction of sp³-hybridized carbons (Fsp3) is 0.381. The van der Waals surface area contributed by atoms with Crippen LogP contribution in [0, 0.1) is 31.4 Å². The average molecular weight is 406 g/mol. The molecule has 0 aliphatic carbocycles. The Morgan fingerprint density at radius 2 is 1.72 bits per heavy atom. The first kappa shape index (κ1) is 22.3. The van der Waals surface area contributed by atoms with Crippen molar-refractivity contribution >= 4 is 17.7 Å². The molecule has 0 aliphatic rings. The van der Waals surface area contributed by atoms with E-state index in [9.17, 15) is 23.2 Å². The maximum atomic E-state index is 13.8. The van der Waals surface area contributed by atoms with Crippen LogP contribution in [0.15, 0.2) is 24.3 Å². The molecule has 156 valence electrons. The summed E-state index contributed by atoms with van der Waals surface area (Å²) in [4.78, 5) is 37.1. The van der Waals surface area contributed by atoms with Crippen LogP contribution >= 0.6 is 0 Å². The standard InChI is InChI=1S/C21H24F2N2O4/c1-11(2)19(24-20(27)18-15(22)7-6-8-16(18)23)21(28)29-10-17(26)14-9-12(3)25(5)13(14)4/h6-9,11,19H,10H2,1-5H3,(H,24,27)/t19-/m0/s1. The van der Waals surface area contributed by atoms with E-state index in [4.69, 9.17) is 4.74 Å². The summed E-state index contributed by atoms with van der Waals surface area (Å²) in [5.74, 6) is -4.82. The second-order valence-electron chi connectivity index (χ2n) is 7.17. The third kappa shape index (κ3) is 4.88. The van der Waals surface area contributed by atoms with E-state index in [1.807, 2.05) is 18.5 Å². The minimum atomic E-state index is -1.17. The van der Waals surface area contributed by atoms with Crippen LogP contribution in [0.4, 0.5) is 8.78 Å². The highest BCUT2D eigenvalue weighted by Gasteiger charge is 2.29. The highest BCUT2D eigenvalue weighted by atomic mass is 19.1. The summed E-state index contributed by atoms with van der Waals surface area (Å²) < 4.78 is 34.5. The smallest absolute Gasteiger partial charge is 0.329 e. The van der Waals surface area contributed by atoms with E-state index in [1.165, 1.54) is 0 Å². The molecule has 0 radical (unpaired) electrons. The molecule has 1 N–H and O–H groups in total. The van der Waals surface area contributed by atoms with Gasteiger partial charge < -0.3 is 14.6 Å². The molecule has 0 aliphatic heterocycles. The number of halogens is 2. The second kappa shape index (κ2) is 8.98. The Morgan fingerprint density at radius 1 is 1.14 bits per heavy atom. The summed E-state index contributed by atoms with van der Waals surface area (Å²) >= 11 is 0. The number of carbonyl (C=O) groups excluding carboxylic acids is 3. The zero-order valence-corrected chi connectivity index (χ0v) is 17.0. The van der Waals surface area contributed by atoms with Crippen molar-refractivity contribution in [3.8, 4) is 0 Å². The maximum absolute atomic E-state index is 13.8. The van der Waals surface area contributed by atoms with Gasteiger partial charge in [0.2, 0.25) is 5.78 Å². The number of rotatable bonds is 7.